The highest BCUT2D eigenvalue weighted by molar-refractivity contribution is 5.85. The standard InChI is InChI=1S/C8H12N4.ClH/c9-7-1-4-12(6-7)8-5-10-2-3-11-8;/h2-3,5,7H,1,4,6,9H2;1H/t7-;/m1./s1. The van der Waals surface area contributed by atoms with E-state index in [0.29, 0.717) is 6.04 Å². The molecule has 4 nitrogen and oxygen atoms in total. The molecule has 0 aliphatic carbocycles. The highest BCUT2D eigenvalue weighted by Gasteiger charge is 2.19. The highest BCUT2D eigenvalue weighted by atomic mass is 35.5. The van der Waals surface area contributed by atoms with Crippen LogP contribution in [0.2, 0.25) is 0 Å². The van der Waals surface area contributed by atoms with E-state index in [2.05, 4.69) is 14.9 Å². The lowest BCUT2D eigenvalue weighted by Gasteiger charge is -2.15. The molecule has 0 radical (unpaired) electrons. The number of aromatic nitrogens is 2. The molecule has 0 spiro atoms. The highest BCUT2D eigenvalue weighted by Crippen LogP contribution is 2.14. The molecular formula is C8H13ClN4. The summed E-state index contributed by atoms with van der Waals surface area (Å²) in [6.07, 6.45) is 6.22. The quantitative estimate of drug-likeness (QED) is 0.715. The first-order chi connectivity index (χ1) is 5.86. The largest absolute Gasteiger partial charge is 0.354 e. The molecule has 0 amide bonds. The maximum atomic E-state index is 5.77. The molecule has 0 unspecified atom stereocenters. The van der Waals surface area contributed by atoms with Crippen LogP contribution in [-0.4, -0.2) is 29.1 Å². The third-order valence-electron chi connectivity index (χ3n) is 2.10. The maximum absolute atomic E-state index is 5.77. The van der Waals surface area contributed by atoms with Gasteiger partial charge in [0.05, 0.1) is 6.20 Å². The SMILES string of the molecule is Cl.N[C@@H]1CCN(c2cnccn2)C1. The first kappa shape index (κ1) is 10.2. The molecular weight excluding hydrogens is 188 g/mol. The van der Waals surface area contributed by atoms with Crippen LogP contribution in [-0.2, 0) is 0 Å². The van der Waals surface area contributed by atoms with Crippen molar-refractivity contribution >= 4 is 18.2 Å². The van der Waals surface area contributed by atoms with E-state index in [-0.39, 0.29) is 12.4 Å². The summed E-state index contributed by atoms with van der Waals surface area (Å²) in [4.78, 5) is 10.4. The van der Waals surface area contributed by atoms with Gasteiger partial charge in [-0.2, -0.15) is 0 Å². The van der Waals surface area contributed by atoms with Crippen molar-refractivity contribution in [1.29, 1.82) is 0 Å². The summed E-state index contributed by atoms with van der Waals surface area (Å²) in [6.45, 7) is 1.90. The fourth-order valence-corrected chi connectivity index (χ4v) is 1.45. The number of nitrogens with zero attached hydrogens (tertiary/aromatic N) is 3. The third kappa shape index (κ3) is 2.29. The summed E-state index contributed by atoms with van der Waals surface area (Å²) in [6, 6.07) is 0.298. The molecule has 72 valence electrons. The summed E-state index contributed by atoms with van der Waals surface area (Å²) < 4.78 is 0. The number of halogens is 1. The van der Waals surface area contributed by atoms with Crippen LogP contribution in [0.3, 0.4) is 0 Å². The van der Waals surface area contributed by atoms with E-state index in [0.717, 1.165) is 25.3 Å². The molecule has 1 aromatic heterocycles. The molecule has 13 heavy (non-hydrogen) atoms. The second-order valence-corrected chi connectivity index (χ2v) is 3.06. The van der Waals surface area contributed by atoms with Crippen molar-refractivity contribution in [3.05, 3.63) is 18.6 Å². The van der Waals surface area contributed by atoms with E-state index in [1.165, 1.54) is 0 Å². The average Bonchev–Trinajstić information content (AvgIpc) is 2.54. The Morgan fingerprint density at radius 1 is 1.46 bits per heavy atom. The Kier molecular flexibility index (Phi) is 3.45. The molecule has 1 atom stereocenters. The molecule has 5 heteroatoms. The fraction of sp³-hybridized carbons (Fsp3) is 0.500. The molecule has 2 N–H and O–H groups in total. The molecule has 2 heterocycles. The van der Waals surface area contributed by atoms with Gasteiger partial charge in [-0.25, -0.2) is 4.98 Å². The minimum absolute atomic E-state index is 0. The van der Waals surface area contributed by atoms with E-state index in [1.54, 1.807) is 18.6 Å². The van der Waals surface area contributed by atoms with Gasteiger partial charge in [-0.15, -0.1) is 12.4 Å². The van der Waals surface area contributed by atoms with Gasteiger partial charge in [0, 0.05) is 31.5 Å². The summed E-state index contributed by atoms with van der Waals surface area (Å²) in [5.74, 6) is 0.936. The molecule has 1 aliphatic rings. The Morgan fingerprint density at radius 2 is 2.31 bits per heavy atom. The Labute approximate surface area is 83.6 Å². The van der Waals surface area contributed by atoms with Gasteiger partial charge in [-0.3, -0.25) is 4.98 Å². The Balaban J connectivity index is 0.000000845. The van der Waals surface area contributed by atoms with Crippen molar-refractivity contribution in [2.45, 2.75) is 12.5 Å². The Morgan fingerprint density at radius 3 is 2.85 bits per heavy atom. The predicted octanol–water partition coefficient (Wildman–Crippen LogP) is 0.436. The first-order valence-corrected chi connectivity index (χ1v) is 4.13. The lowest BCUT2D eigenvalue weighted by atomic mass is 10.3. The van der Waals surface area contributed by atoms with Gasteiger partial charge in [-0.1, -0.05) is 0 Å². The monoisotopic (exact) mass is 200 g/mol. The fourth-order valence-electron chi connectivity index (χ4n) is 1.45. The molecule has 2 rings (SSSR count). The number of rotatable bonds is 1. The molecule has 1 saturated heterocycles. The van der Waals surface area contributed by atoms with E-state index in [4.69, 9.17) is 5.73 Å². The van der Waals surface area contributed by atoms with Crippen molar-refractivity contribution in [3.63, 3.8) is 0 Å². The van der Waals surface area contributed by atoms with E-state index in [1.807, 2.05) is 0 Å². The molecule has 0 bridgehead atoms. The van der Waals surface area contributed by atoms with Crippen molar-refractivity contribution in [3.8, 4) is 0 Å². The van der Waals surface area contributed by atoms with Crippen molar-refractivity contribution in [2.24, 2.45) is 5.73 Å². The van der Waals surface area contributed by atoms with Crippen LogP contribution in [0.15, 0.2) is 18.6 Å². The normalized spacial score (nSPS) is 21.3. The zero-order valence-electron chi connectivity index (χ0n) is 7.26. The molecule has 0 saturated carbocycles. The van der Waals surface area contributed by atoms with Gasteiger partial charge in [0.25, 0.3) is 0 Å². The second kappa shape index (κ2) is 4.39. The van der Waals surface area contributed by atoms with Crippen molar-refractivity contribution < 1.29 is 0 Å². The van der Waals surface area contributed by atoms with Gasteiger partial charge in [-0.05, 0) is 6.42 Å². The van der Waals surface area contributed by atoms with Gasteiger partial charge < -0.3 is 10.6 Å². The van der Waals surface area contributed by atoms with Crippen LogP contribution in [0.5, 0.6) is 0 Å². The topological polar surface area (TPSA) is 55.0 Å². The van der Waals surface area contributed by atoms with E-state index < -0.39 is 0 Å². The number of nitrogens with two attached hydrogens (primary N) is 1. The lowest BCUT2D eigenvalue weighted by molar-refractivity contribution is 0.751. The molecule has 1 aromatic rings. The van der Waals surface area contributed by atoms with Crippen molar-refractivity contribution in [2.75, 3.05) is 18.0 Å². The molecule has 1 aliphatic heterocycles. The lowest BCUT2D eigenvalue weighted by Crippen LogP contribution is -2.26. The number of anilines is 1. The third-order valence-corrected chi connectivity index (χ3v) is 2.10. The van der Waals surface area contributed by atoms with Crippen LogP contribution in [0.25, 0.3) is 0 Å². The van der Waals surface area contributed by atoms with E-state index in [9.17, 15) is 0 Å². The predicted molar refractivity (Wildman–Crippen MR) is 54.1 cm³/mol. The second-order valence-electron chi connectivity index (χ2n) is 3.06. The Bertz CT molecular complexity index is 254. The summed E-state index contributed by atoms with van der Waals surface area (Å²) >= 11 is 0. The summed E-state index contributed by atoms with van der Waals surface area (Å²) in [7, 11) is 0. The first-order valence-electron chi connectivity index (χ1n) is 4.13. The summed E-state index contributed by atoms with van der Waals surface area (Å²) in [5.41, 5.74) is 5.77. The minimum atomic E-state index is 0. The number of hydrogen-bond donors (Lipinski definition) is 1. The smallest absolute Gasteiger partial charge is 0.147 e. The zero-order chi connectivity index (χ0) is 8.39. The van der Waals surface area contributed by atoms with Gasteiger partial charge in [0.2, 0.25) is 0 Å². The van der Waals surface area contributed by atoms with Crippen molar-refractivity contribution in [1.82, 2.24) is 9.97 Å². The van der Waals surface area contributed by atoms with Gasteiger partial charge in [0.1, 0.15) is 5.82 Å². The van der Waals surface area contributed by atoms with Crippen LogP contribution in [0, 0.1) is 0 Å². The minimum Gasteiger partial charge on any atom is -0.354 e. The maximum Gasteiger partial charge on any atom is 0.147 e. The Hall–Kier alpha value is -0.870. The average molecular weight is 201 g/mol. The number of hydrogen-bond acceptors (Lipinski definition) is 4. The van der Waals surface area contributed by atoms with Crippen LogP contribution in [0.4, 0.5) is 5.82 Å². The zero-order valence-corrected chi connectivity index (χ0v) is 8.07. The molecule has 0 aromatic carbocycles. The van der Waals surface area contributed by atoms with Gasteiger partial charge in [0.15, 0.2) is 0 Å². The molecule has 1 fully saturated rings. The van der Waals surface area contributed by atoms with Crippen LogP contribution >= 0.6 is 12.4 Å². The van der Waals surface area contributed by atoms with E-state index >= 15 is 0 Å². The van der Waals surface area contributed by atoms with Gasteiger partial charge >= 0.3 is 0 Å². The van der Waals surface area contributed by atoms with Crippen LogP contribution < -0.4 is 10.6 Å². The summed E-state index contributed by atoms with van der Waals surface area (Å²) in [5, 5.41) is 0. The van der Waals surface area contributed by atoms with Crippen LogP contribution in [0.1, 0.15) is 6.42 Å².